The molecular weight excluding hydrogens is 214 g/mol. The lowest BCUT2D eigenvalue weighted by molar-refractivity contribution is -0.136. The second-order valence-electron chi connectivity index (χ2n) is 5.15. The van der Waals surface area contributed by atoms with Gasteiger partial charge in [0.2, 0.25) is 5.91 Å². The Morgan fingerprint density at radius 2 is 2.18 bits per heavy atom. The lowest BCUT2D eigenvalue weighted by Crippen LogP contribution is -2.50. The van der Waals surface area contributed by atoms with Gasteiger partial charge in [-0.15, -0.1) is 0 Å². The Bertz CT molecular complexity index is 245. The quantitative estimate of drug-likeness (QED) is 0.787. The van der Waals surface area contributed by atoms with Crippen molar-refractivity contribution in [1.82, 2.24) is 15.1 Å². The highest BCUT2D eigenvalue weighted by molar-refractivity contribution is 5.82. The highest BCUT2D eigenvalue weighted by atomic mass is 16.2. The minimum Gasteiger partial charge on any atom is -0.326 e. The molecule has 1 amide bonds. The molecule has 0 spiro atoms. The monoisotopic (exact) mass is 241 g/mol. The summed E-state index contributed by atoms with van der Waals surface area (Å²) >= 11 is 0. The fourth-order valence-electron chi connectivity index (χ4n) is 2.50. The molecular formula is C13H27N3O. The topological polar surface area (TPSA) is 35.6 Å². The molecule has 4 heteroatoms. The van der Waals surface area contributed by atoms with Crippen LogP contribution in [0, 0.1) is 0 Å². The van der Waals surface area contributed by atoms with Crippen LogP contribution in [0.2, 0.25) is 0 Å². The Morgan fingerprint density at radius 1 is 1.47 bits per heavy atom. The number of hydrogen-bond acceptors (Lipinski definition) is 3. The molecule has 0 aromatic carbocycles. The van der Waals surface area contributed by atoms with E-state index in [-0.39, 0.29) is 11.9 Å². The molecule has 1 rings (SSSR count). The summed E-state index contributed by atoms with van der Waals surface area (Å²) < 4.78 is 0. The smallest absolute Gasteiger partial charge is 0.240 e. The molecule has 1 saturated heterocycles. The normalized spacial score (nSPS) is 26.4. The molecule has 1 heterocycles. The lowest BCUT2D eigenvalue weighted by atomic mass is 10.1. The standard InChI is InChI=1S/C13H27N3O/c1-5-9-15(4)10-16-11(2)7-6-8-12(14-3)13(16)17/h11-12,14H,5-10H2,1-4H3. The van der Waals surface area contributed by atoms with Gasteiger partial charge in [0.05, 0.1) is 12.7 Å². The number of nitrogens with one attached hydrogen (secondary N) is 1. The molecule has 1 aliphatic rings. The maximum atomic E-state index is 12.4. The summed E-state index contributed by atoms with van der Waals surface area (Å²) in [6.45, 7) is 6.13. The summed E-state index contributed by atoms with van der Waals surface area (Å²) in [5.74, 6) is 0.264. The third-order valence-corrected chi connectivity index (χ3v) is 3.58. The first kappa shape index (κ1) is 14.5. The lowest BCUT2D eigenvalue weighted by Gasteiger charge is -2.33. The molecule has 2 unspecified atom stereocenters. The van der Waals surface area contributed by atoms with Crippen LogP contribution in [0.15, 0.2) is 0 Å². The Labute approximate surface area is 105 Å². The fraction of sp³-hybridized carbons (Fsp3) is 0.923. The number of amides is 1. The Balaban J connectivity index is 2.66. The Hall–Kier alpha value is -0.610. The number of rotatable bonds is 5. The molecule has 2 atom stereocenters. The van der Waals surface area contributed by atoms with Gasteiger partial charge in [-0.1, -0.05) is 6.92 Å². The molecule has 0 saturated carbocycles. The van der Waals surface area contributed by atoms with Crippen molar-refractivity contribution in [2.75, 3.05) is 27.3 Å². The van der Waals surface area contributed by atoms with Crippen molar-refractivity contribution in [3.05, 3.63) is 0 Å². The summed E-state index contributed by atoms with van der Waals surface area (Å²) in [5.41, 5.74) is 0. The van der Waals surface area contributed by atoms with E-state index in [1.54, 1.807) is 0 Å². The number of carbonyl (C=O) groups is 1. The summed E-state index contributed by atoms with van der Waals surface area (Å²) in [6, 6.07) is 0.370. The van der Waals surface area contributed by atoms with Crippen LogP contribution in [0.3, 0.4) is 0 Å². The molecule has 100 valence electrons. The van der Waals surface area contributed by atoms with Crippen molar-refractivity contribution >= 4 is 5.91 Å². The molecule has 1 N–H and O–H groups in total. The Morgan fingerprint density at radius 3 is 2.76 bits per heavy atom. The third-order valence-electron chi connectivity index (χ3n) is 3.58. The van der Waals surface area contributed by atoms with Crippen molar-refractivity contribution in [1.29, 1.82) is 0 Å². The molecule has 0 aromatic heterocycles. The zero-order chi connectivity index (χ0) is 12.8. The summed E-state index contributed by atoms with van der Waals surface area (Å²) in [7, 11) is 3.97. The SMILES string of the molecule is CCCN(C)CN1C(=O)C(NC)CCCC1C. The van der Waals surface area contributed by atoms with Crippen molar-refractivity contribution in [3.8, 4) is 0 Å². The summed E-state index contributed by atoms with van der Waals surface area (Å²) in [6.07, 6.45) is 4.34. The van der Waals surface area contributed by atoms with Crippen molar-refractivity contribution in [2.45, 2.75) is 51.6 Å². The van der Waals surface area contributed by atoms with Crippen molar-refractivity contribution in [3.63, 3.8) is 0 Å². The minimum atomic E-state index is 0.00924. The first-order chi connectivity index (χ1) is 8.10. The predicted molar refractivity (Wildman–Crippen MR) is 70.8 cm³/mol. The van der Waals surface area contributed by atoms with E-state index in [1.165, 1.54) is 0 Å². The van der Waals surface area contributed by atoms with Gasteiger partial charge < -0.3 is 10.2 Å². The van der Waals surface area contributed by atoms with Crippen LogP contribution in [0.25, 0.3) is 0 Å². The number of nitrogens with zero attached hydrogens (tertiary/aromatic N) is 2. The van der Waals surface area contributed by atoms with Crippen molar-refractivity contribution in [2.24, 2.45) is 0 Å². The number of carbonyl (C=O) groups excluding carboxylic acids is 1. The third kappa shape index (κ3) is 3.96. The maximum Gasteiger partial charge on any atom is 0.240 e. The number of likely N-dealkylation sites (tertiary alicyclic amines) is 1. The van der Waals surface area contributed by atoms with Gasteiger partial charge in [0.25, 0.3) is 0 Å². The first-order valence-corrected chi connectivity index (χ1v) is 6.76. The van der Waals surface area contributed by atoms with E-state index in [4.69, 9.17) is 0 Å². The maximum absolute atomic E-state index is 12.4. The number of hydrogen-bond donors (Lipinski definition) is 1. The summed E-state index contributed by atoms with van der Waals surface area (Å²) in [4.78, 5) is 16.6. The summed E-state index contributed by atoms with van der Waals surface area (Å²) in [5, 5.41) is 3.14. The zero-order valence-corrected chi connectivity index (χ0v) is 11.7. The molecule has 1 aliphatic heterocycles. The van der Waals surface area contributed by atoms with Crippen LogP contribution in [0.1, 0.15) is 39.5 Å². The van der Waals surface area contributed by atoms with E-state index in [0.29, 0.717) is 6.04 Å². The highest BCUT2D eigenvalue weighted by Gasteiger charge is 2.30. The molecule has 0 aliphatic carbocycles. The van der Waals surface area contributed by atoms with Crippen LogP contribution >= 0.6 is 0 Å². The van der Waals surface area contributed by atoms with E-state index in [0.717, 1.165) is 38.9 Å². The van der Waals surface area contributed by atoms with Gasteiger partial charge in [-0.2, -0.15) is 0 Å². The van der Waals surface area contributed by atoms with Gasteiger partial charge in [-0.25, -0.2) is 0 Å². The van der Waals surface area contributed by atoms with Crippen LogP contribution in [0.5, 0.6) is 0 Å². The van der Waals surface area contributed by atoms with E-state index in [1.807, 2.05) is 11.9 Å². The Kier molecular flexibility index (Phi) is 5.92. The zero-order valence-electron chi connectivity index (χ0n) is 11.7. The molecule has 0 radical (unpaired) electrons. The molecule has 17 heavy (non-hydrogen) atoms. The fourth-order valence-corrected chi connectivity index (χ4v) is 2.50. The molecule has 1 fully saturated rings. The van der Waals surface area contributed by atoms with Gasteiger partial charge in [0.15, 0.2) is 0 Å². The molecule has 4 nitrogen and oxygen atoms in total. The first-order valence-electron chi connectivity index (χ1n) is 6.76. The number of likely N-dealkylation sites (N-methyl/N-ethyl adjacent to an activating group) is 1. The van der Waals surface area contributed by atoms with Crippen molar-refractivity contribution < 1.29 is 4.79 Å². The molecule has 0 aromatic rings. The average Bonchev–Trinajstić information content (AvgIpc) is 2.42. The van der Waals surface area contributed by atoms with Gasteiger partial charge in [0, 0.05) is 6.04 Å². The largest absolute Gasteiger partial charge is 0.326 e. The predicted octanol–water partition coefficient (Wildman–Crippen LogP) is 1.27. The molecule has 0 bridgehead atoms. The highest BCUT2D eigenvalue weighted by Crippen LogP contribution is 2.18. The van der Waals surface area contributed by atoms with Crippen LogP contribution in [0.4, 0.5) is 0 Å². The van der Waals surface area contributed by atoms with Crippen LogP contribution in [-0.4, -0.2) is 55.1 Å². The van der Waals surface area contributed by atoms with E-state index < -0.39 is 0 Å². The van der Waals surface area contributed by atoms with E-state index in [2.05, 4.69) is 31.1 Å². The van der Waals surface area contributed by atoms with Gasteiger partial charge in [0.1, 0.15) is 0 Å². The van der Waals surface area contributed by atoms with Gasteiger partial charge >= 0.3 is 0 Å². The van der Waals surface area contributed by atoms with E-state index >= 15 is 0 Å². The van der Waals surface area contributed by atoms with Crippen LogP contribution in [-0.2, 0) is 4.79 Å². The van der Waals surface area contributed by atoms with Crippen LogP contribution < -0.4 is 5.32 Å². The van der Waals surface area contributed by atoms with Gasteiger partial charge in [-0.05, 0) is 53.2 Å². The van der Waals surface area contributed by atoms with Gasteiger partial charge in [-0.3, -0.25) is 9.69 Å². The average molecular weight is 241 g/mol. The minimum absolute atomic E-state index is 0.00924. The second kappa shape index (κ2) is 6.97. The van der Waals surface area contributed by atoms with E-state index in [9.17, 15) is 4.79 Å². The second-order valence-corrected chi connectivity index (χ2v) is 5.15.